The Hall–Kier alpha value is -2.13. The zero-order valence-corrected chi connectivity index (χ0v) is 12.7. The Balaban J connectivity index is 2.22. The molecule has 21 heavy (non-hydrogen) atoms. The molecular weight excluding hydrogens is 268 g/mol. The molecule has 1 saturated heterocycles. The topological polar surface area (TPSA) is 69.3 Å². The first-order valence-corrected chi connectivity index (χ1v) is 7.01. The van der Waals surface area contributed by atoms with E-state index in [0.717, 1.165) is 13.1 Å². The number of hydrogen-bond donors (Lipinski definition) is 0. The minimum Gasteiger partial charge on any atom is -0.339 e. The molecule has 0 unspecified atom stereocenters. The second-order valence-electron chi connectivity index (χ2n) is 5.53. The third kappa shape index (κ3) is 3.14. The third-order valence-corrected chi connectivity index (χ3v) is 3.97. The van der Waals surface area contributed by atoms with Gasteiger partial charge in [-0.25, -0.2) is 0 Å². The summed E-state index contributed by atoms with van der Waals surface area (Å²) in [5, 5.41) is 9.06. The minimum atomic E-state index is -0.377. The van der Waals surface area contributed by atoms with Crippen molar-refractivity contribution in [3.63, 3.8) is 0 Å². The summed E-state index contributed by atoms with van der Waals surface area (Å²) in [6, 6.07) is 3.70. The Labute approximate surface area is 124 Å². The van der Waals surface area contributed by atoms with Gasteiger partial charge in [0.1, 0.15) is 18.2 Å². The van der Waals surface area contributed by atoms with Crippen LogP contribution in [-0.4, -0.2) is 53.5 Å². The number of likely N-dealkylation sites (N-methyl/N-ethyl adjacent to an activating group) is 1. The lowest BCUT2D eigenvalue weighted by atomic mass is 10.1. The Kier molecular flexibility index (Phi) is 4.43. The van der Waals surface area contributed by atoms with Crippen LogP contribution in [0.5, 0.6) is 0 Å². The van der Waals surface area contributed by atoms with Crippen LogP contribution in [0.4, 0.5) is 0 Å². The van der Waals surface area contributed by atoms with Crippen LogP contribution in [-0.2, 0) is 11.3 Å². The van der Waals surface area contributed by atoms with E-state index in [-0.39, 0.29) is 23.6 Å². The van der Waals surface area contributed by atoms with Crippen LogP contribution in [0.3, 0.4) is 0 Å². The van der Waals surface area contributed by atoms with Crippen molar-refractivity contribution in [2.45, 2.75) is 20.4 Å². The van der Waals surface area contributed by atoms with E-state index in [2.05, 4.69) is 4.90 Å². The first-order valence-electron chi connectivity index (χ1n) is 7.01. The first kappa shape index (κ1) is 15.3. The minimum absolute atomic E-state index is 0.00331. The van der Waals surface area contributed by atoms with Crippen LogP contribution in [0, 0.1) is 25.2 Å². The highest BCUT2D eigenvalue weighted by Crippen LogP contribution is 2.07. The molecule has 0 radical (unpaired) electrons. The van der Waals surface area contributed by atoms with Gasteiger partial charge in [0.25, 0.3) is 5.56 Å². The molecule has 2 rings (SSSR count). The number of piperazine rings is 1. The zero-order chi connectivity index (χ0) is 15.6. The highest BCUT2D eigenvalue weighted by atomic mass is 16.2. The molecule has 0 atom stereocenters. The smallest absolute Gasteiger partial charge is 0.269 e. The SMILES string of the molecule is Cc1cc(C)n(CC(=O)N2CCN(C)CC2)c(=O)c1C#N. The van der Waals surface area contributed by atoms with Gasteiger partial charge in [0.05, 0.1) is 0 Å². The molecule has 0 aliphatic carbocycles. The molecule has 1 fully saturated rings. The Morgan fingerprint density at radius 3 is 2.48 bits per heavy atom. The molecule has 0 saturated carbocycles. The van der Waals surface area contributed by atoms with Crippen molar-refractivity contribution in [1.82, 2.24) is 14.4 Å². The number of carbonyl (C=O) groups is 1. The molecule has 0 aromatic carbocycles. The Bertz CT molecular complexity index is 649. The summed E-state index contributed by atoms with van der Waals surface area (Å²) in [7, 11) is 2.02. The summed E-state index contributed by atoms with van der Waals surface area (Å²) in [5.74, 6) is -0.0685. The van der Waals surface area contributed by atoms with Gasteiger partial charge in [-0.3, -0.25) is 9.59 Å². The monoisotopic (exact) mass is 288 g/mol. The normalized spacial score (nSPS) is 15.8. The summed E-state index contributed by atoms with van der Waals surface area (Å²) < 4.78 is 1.40. The number of amides is 1. The quantitative estimate of drug-likeness (QED) is 0.774. The van der Waals surface area contributed by atoms with E-state index in [9.17, 15) is 9.59 Å². The molecule has 2 heterocycles. The lowest BCUT2D eigenvalue weighted by Crippen LogP contribution is -2.48. The van der Waals surface area contributed by atoms with Gasteiger partial charge >= 0.3 is 0 Å². The van der Waals surface area contributed by atoms with E-state index in [1.54, 1.807) is 24.8 Å². The molecule has 6 nitrogen and oxygen atoms in total. The van der Waals surface area contributed by atoms with Crippen LogP contribution < -0.4 is 5.56 Å². The average Bonchev–Trinajstić information content (AvgIpc) is 2.44. The maximum absolute atomic E-state index is 12.3. The largest absolute Gasteiger partial charge is 0.339 e. The van der Waals surface area contributed by atoms with Gasteiger partial charge in [-0.05, 0) is 32.5 Å². The molecule has 112 valence electrons. The second-order valence-corrected chi connectivity index (χ2v) is 5.53. The Morgan fingerprint density at radius 2 is 1.90 bits per heavy atom. The highest BCUT2D eigenvalue weighted by Gasteiger charge is 2.20. The molecule has 0 spiro atoms. The van der Waals surface area contributed by atoms with Crippen molar-refractivity contribution >= 4 is 5.91 Å². The Morgan fingerprint density at radius 1 is 1.29 bits per heavy atom. The predicted octanol–water partition coefficient (Wildman–Crippen LogP) is 0.111. The number of nitrogens with zero attached hydrogens (tertiary/aromatic N) is 4. The molecule has 1 amide bonds. The van der Waals surface area contributed by atoms with E-state index < -0.39 is 0 Å². The first-order chi connectivity index (χ1) is 9.93. The van der Waals surface area contributed by atoms with Gasteiger partial charge in [0.15, 0.2) is 0 Å². The van der Waals surface area contributed by atoms with Gasteiger partial charge in [-0.1, -0.05) is 0 Å². The van der Waals surface area contributed by atoms with Crippen LogP contribution >= 0.6 is 0 Å². The van der Waals surface area contributed by atoms with E-state index in [0.29, 0.717) is 24.3 Å². The molecular formula is C15H20N4O2. The van der Waals surface area contributed by atoms with Crippen LogP contribution in [0.25, 0.3) is 0 Å². The van der Waals surface area contributed by atoms with Crippen molar-refractivity contribution in [3.8, 4) is 6.07 Å². The lowest BCUT2D eigenvalue weighted by molar-refractivity contribution is -0.133. The van der Waals surface area contributed by atoms with Crippen molar-refractivity contribution in [1.29, 1.82) is 5.26 Å². The maximum Gasteiger partial charge on any atom is 0.269 e. The summed E-state index contributed by atoms with van der Waals surface area (Å²) in [5.41, 5.74) is 1.10. The number of aromatic nitrogens is 1. The van der Waals surface area contributed by atoms with E-state index in [1.807, 2.05) is 13.1 Å². The summed E-state index contributed by atoms with van der Waals surface area (Å²) >= 11 is 0. The van der Waals surface area contributed by atoms with Gasteiger partial charge in [0.2, 0.25) is 5.91 Å². The number of nitriles is 1. The van der Waals surface area contributed by atoms with Gasteiger partial charge in [0, 0.05) is 31.9 Å². The van der Waals surface area contributed by atoms with Gasteiger partial charge < -0.3 is 14.4 Å². The number of hydrogen-bond acceptors (Lipinski definition) is 4. The average molecular weight is 288 g/mol. The molecule has 1 aliphatic heterocycles. The molecule has 1 aromatic rings. The van der Waals surface area contributed by atoms with Crippen molar-refractivity contribution in [3.05, 3.63) is 33.2 Å². The fraction of sp³-hybridized carbons (Fsp3) is 0.533. The van der Waals surface area contributed by atoms with Crippen LogP contribution in [0.2, 0.25) is 0 Å². The van der Waals surface area contributed by atoms with E-state index >= 15 is 0 Å². The molecule has 0 bridgehead atoms. The lowest BCUT2D eigenvalue weighted by Gasteiger charge is -2.32. The maximum atomic E-state index is 12.3. The number of carbonyl (C=O) groups excluding carboxylic acids is 1. The van der Waals surface area contributed by atoms with Crippen molar-refractivity contribution < 1.29 is 4.79 Å². The third-order valence-electron chi connectivity index (χ3n) is 3.97. The van der Waals surface area contributed by atoms with Crippen LogP contribution in [0.15, 0.2) is 10.9 Å². The van der Waals surface area contributed by atoms with E-state index in [4.69, 9.17) is 5.26 Å². The fourth-order valence-corrected chi connectivity index (χ4v) is 2.55. The van der Waals surface area contributed by atoms with Gasteiger partial charge in [-0.2, -0.15) is 5.26 Å². The van der Waals surface area contributed by atoms with E-state index in [1.165, 1.54) is 4.57 Å². The van der Waals surface area contributed by atoms with Gasteiger partial charge in [-0.15, -0.1) is 0 Å². The summed E-state index contributed by atoms with van der Waals surface area (Å²) in [6.07, 6.45) is 0. The summed E-state index contributed by atoms with van der Waals surface area (Å²) in [6.45, 7) is 6.57. The van der Waals surface area contributed by atoms with Crippen molar-refractivity contribution in [2.24, 2.45) is 0 Å². The second kappa shape index (κ2) is 6.10. The molecule has 1 aliphatic rings. The zero-order valence-electron chi connectivity index (χ0n) is 12.7. The summed E-state index contributed by atoms with van der Waals surface area (Å²) in [4.78, 5) is 28.5. The molecule has 6 heteroatoms. The highest BCUT2D eigenvalue weighted by molar-refractivity contribution is 5.76. The van der Waals surface area contributed by atoms with Crippen molar-refractivity contribution in [2.75, 3.05) is 33.2 Å². The predicted molar refractivity (Wildman–Crippen MR) is 79.0 cm³/mol. The number of aryl methyl sites for hydroxylation is 2. The van der Waals surface area contributed by atoms with Crippen LogP contribution in [0.1, 0.15) is 16.8 Å². The standard InChI is InChI=1S/C15H20N4O2/c1-11-8-12(2)19(15(21)13(11)9-16)10-14(20)18-6-4-17(3)5-7-18/h8H,4-7,10H2,1-3H3. The molecule has 1 aromatic heterocycles. The fourth-order valence-electron chi connectivity index (χ4n) is 2.55. The number of pyridine rings is 1. The number of rotatable bonds is 2. The molecule has 0 N–H and O–H groups in total.